The van der Waals surface area contributed by atoms with E-state index in [9.17, 15) is 18.0 Å². The molecule has 0 radical (unpaired) electrons. The monoisotopic (exact) mass is 583 g/mol. The molecule has 2 aliphatic rings. The van der Waals surface area contributed by atoms with E-state index in [1.807, 2.05) is 17.8 Å². The van der Waals surface area contributed by atoms with Crippen LogP contribution >= 0.6 is 23.5 Å². The fraction of sp³-hybridized carbons (Fsp3) is 0.259. The number of nitrogen functional groups attached to an aromatic ring is 1. The van der Waals surface area contributed by atoms with Crippen LogP contribution in [0.5, 0.6) is 0 Å². The first-order valence-electron chi connectivity index (χ1n) is 12.5. The number of benzene rings is 3. The lowest BCUT2D eigenvalue weighted by molar-refractivity contribution is 0.102. The van der Waals surface area contributed by atoms with Gasteiger partial charge in [0.1, 0.15) is 4.90 Å². The third-order valence-electron chi connectivity index (χ3n) is 6.52. The minimum atomic E-state index is -4.07. The van der Waals surface area contributed by atoms with Gasteiger partial charge in [0.15, 0.2) is 0 Å². The first-order chi connectivity index (χ1) is 18.8. The van der Waals surface area contributed by atoms with Crippen LogP contribution in [-0.4, -0.2) is 66.5 Å². The van der Waals surface area contributed by atoms with Crippen molar-refractivity contribution in [1.82, 2.24) is 9.21 Å². The van der Waals surface area contributed by atoms with Gasteiger partial charge in [-0.25, -0.2) is 17.5 Å². The number of urea groups is 1. The Kier molecular flexibility index (Phi) is 8.36. The van der Waals surface area contributed by atoms with E-state index in [1.54, 1.807) is 72.4 Å². The second-order valence-corrected chi connectivity index (χ2v) is 13.4. The molecule has 0 unspecified atom stereocenters. The molecule has 3 aromatic rings. The van der Waals surface area contributed by atoms with E-state index in [0.29, 0.717) is 22.5 Å². The Balaban J connectivity index is 1.26. The summed E-state index contributed by atoms with van der Waals surface area (Å²) in [5.74, 6) is 2.81. The number of anilines is 3. The van der Waals surface area contributed by atoms with Gasteiger partial charge in [0.2, 0.25) is 0 Å². The highest BCUT2D eigenvalue weighted by Gasteiger charge is 2.37. The van der Waals surface area contributed by atoms with E-state index in [1.165, 1.54) is 0 Å². The maximum absolute atomic E-state index is 13.5. The molecular formula is C27H29N5O4S3. The number of para-hydroxylation sites is 2. The van der Waals surface area contributed by atoms with Crippen LogP contribution in [0.15, 0.2) is 76.5 Å². The predicted molar refractivity (Wildman–Crippen MR) is 158 cm³/mol. The van der Waals surface area contributed by atoms with Gasteiger partial charge in [-0.3, -0.25) is 4.79 Å². The lowest BCUT2D eigenvalue weighted by Crippen LogP contribution is -2.43. The topological polar surface area (TPSA) is 125 Å². The number of fused-ring (bicyclic) bond motifs is 1. The lowest BCUT2D eigenvalue weighted by atomic mass is 10.1. The van der Waals surface area contributed by atoms with Crippen LogP contribution in [0.3, 0.4) is 0 Å². The molecule has 2 heterocycles. The normalized spacial score (nSPS) is 16.8. The standard InChI is InChI=1S/C27H29N5O4S3/c28-22-3-1-2-4-23(22)29-26(33)20-7-5-19(6-8-20)18-32-27(34)30-24-10-9-21(17-25(24)39(32,35)36)38-16-13-31-11-14-37-15-12-31/h1-10,17H,11-16,18,28H2,(H,29,33)(H,30,34). The molecule has 9 nitrogen and oxygen atoms in total. The molecule has 0 atom stereocenters. The summed E-state index contributed by atoms with van der Waals surface area (Å²) in [6.07, 6.45) is 0. The molecule has 204 valence electrons. The van der Waals surface area contributed by atoms with E-state index in [0.717, 1.165) is 46.1 Å². The van der Waals surface area contributed by atoms with Crippen LogP contribution in [0.4, 0.5) is 21.9 Å². The van der Waals surface area contributed by atoms with Gasteiger partial charge in [-0.05, 0) is 48.0 Å². The number of hydrogen-bond acceptors (Lipinski definition) is 8. The van der Waals surface area contributed by atoms with Crippen LogP contribution in [0.2, 0.25) is 0 Å². The Morgan fingerprint density at radius 3 is 2.54 bits per heavy atom. The molecule has 1 fully saturated rings. The summed E-state index contributed by atoms with van der Waals surface area (Å²) in [5, 5.41) is 5.45. The van der Waals surface area contributed by atoms with E-state index >= 15 is 0 Å². The molecule has 3 aromatic carbocycles. The van der Waals surface area contributed by atoms with E-state index in [-0.39, 0.29) is 23.0 Å². The van der Waals surface area contributed by atoms with Gasteiger partial charge in [-0.15, -0.1) is 11.8 Å². The minimum Gasteiger partial charge on any atom is -0.397 e. The van der Waals surface area contributed by atoms with Crippen molar-refractivity contribution in [2.45, 2.75) is 16.3 Å². The van der Waals surface area contributed by atoms with Gasteiger partial charge in [0.25, 0.3) is 15.9 Å². The molecule has 0 saturated carbocycles. The highest BCUT2D eigenvalue weighted by atomic mass is 32.2. The van der Waals surface area contributed by atoms with Crippen molar-refractivity contribution < 1.29 is 18.0 Å². The molecule has 1 saturated heterocycles. The number of rotatable bonds is 8. The summed E-state index contributed by atoms with van der Waals surface area (Å²) < 4.78 is 27.8. The Hall–Kier alpha value is -3.19. The second-order valence-electron chi connectivity index (χ2n) is 9.14. The maximum Gasteiger partial charge on any atom is 0.336 e. The SMILES string of the molecule is Nc1ccccc1NC(=O)c1ccc(CN2C(=O)Nc3ccc(SCCN4CCSCC4)cc3S2(=O)=O)cc1. The third-order valence-corrected chi connectivity index (χ3v) is 10.2. The largest absolute Gasteiger partial charge is 0.397 e. The van der Waals surface area contributed by atoms with Gasteiger partial charge in [-0.2, -0.15) is 11.8 Å². The molecule has 2 aliphatic heterocycles. The molecule has 12 heteroatoms. The highest BCUT2D eigenvalue weighted by Crippen LogP contribution is 2.34. The van der Waals surface area contributed by atoms with Crippen LogP contribution < -0.4 is 16.4 Å². The fourth-order valence-electron chi connectivity index (χ4n) is 4.32. The number of hydrogen-bond donors (Lipinski definition) is 3. The van der Waals surface area contributed by atoms with Crippen molar-refractivity contribution in [3.63, 3.8) is 0 Å². The zero-order valence-electron chi connectivity index (χ0n) is 21.1. The van der Waals surface area contributed by atoms with Crippen molar-refractivity contribution in [3.05, 3.63) is 77.9 Å². The van der Waals surface area contributed by atoms with Crippen molar-refractivity contribution >= 4 is 62.5 Å². The molecule has 0 spiro atoms. The average molecular weight is 584 g/mol. The Bertz CT molecular complexity index is 1470. The molecular weight excluding hydrogens is 555 g/mol. The van der Waals surface area contributed by atoms with E-state index < -0.39 is 16.1 Å². The summed E-state index contributed by atoms with van der Waals surface area (Å²) in [7, 11) is -4.07. The van der Waals surface area contributed by atoms with Crippen molar-refractivity contribution in [1.29, 1.82) is 0 Å². The number of nitrogens with zero attached hydrogens (tertiary/aromatic N) is 2. The summed E-state index contributed by atoms with van der Waals surface area (Å²) in [6, 6.07) is 17.8. The number of carbonyl (C=O) groups excluding carboxylic acids is 2. The number of nitrogens with two attached hydrogens (primary N) is 1. The number of carbonyl (C=O) groups is 2. The molecule has 4 N–H and O–H groups in total. The van der Waals surface area contributed by atoms with Crippen LogP contribution in [0, 0.1) is 0 Å². The van der Waals surface area contributed by atoms with Crippen LogP contribution in [0.1, 0.15) is 15.9 Å². The van der Waals surface area contributed by atoms with Crippen molar-refractivity contribution in [3.8, 4) is 0 Å². The smallest absolute Gasteiger partial charge is 0.336 e. The summed E-state index contributed by atoms with van der Waals surface area (Å²) in [4.78, 5) is 28.7. The number of amides is 3. The quantitative estimate of drug-likeness (QED) is 0.263. The zero-order valence-corrected chi connectivity index (χ0v) is 23.6. The Labute approximate surface area is 236 Å². The van der Waals surface area contributed by atoms with Gasteiger partial charge < -0.3 is 21.3 Å². The summed E-state index contributed by atoms with van der Waals surface area (Å²) >= 11 is 3.58. The zero-order chi connectivity index (χ0) is 27.4. The Morgan fingerprint density at radius 2 is 1.79 bits per heavy atom. The average Bonchev–Trinajstić information content (AvgIpc) is 2.93. The number of thioether (sulfide) groups is 2. The van der Waals surface area contributed by atoms with Crippen LogP contribution in [-0.2, 0) is 16.6 Å². The molecule has 5 rings (SSSR count). The van der Waals surface area contributed by atoms with E-state index in [2.05, 4.69) is 15.5 Å². The van der Waals surface area contributed by atoms with Crippen molar-refractivity contribution in [2.75, 3.05) is 53.3 Å². The van der Waals surface area contributed by atoms with Crippen LogP contribution in [0.25, 0.3) is 0 Å². The summed E-state index contributed by atoms with van der Waals surface area (Å²) in [6.45, 7) is 2.95. The van der Waals surface area contributed by atoms with Gasteiger partial charge in [0, 0.05) is 47.4 Å². The van der Waals surface area contributed by atoms with E-state index in [4.69, 9.17) is 5.73 Å². The van der Waals surface area contributed by atoms with Gasteiger partial charge in [0.05, 0.1) is 23.6 Å². The molecule has 39 heavy (non-hydrogen) atoms. The first kappa shape index (κ1) is 27.4. The highest BCUT2D eigenvalue weighted by molar-refractivity contribution is 7.99. The number of nitrogens with one attached hydrogen (secondary N) is 2. The molecule has 3 amide bonds. The molecule has 0 aliphatic carbocycles. The van der Waals surface area contributed by atoms with Gasteiger partial charge in [-0.1, -0.05) is 24.3 Å². The van der Waals surface area contributed by atoms with Crippen molar-refractivity contribution in [2.24, 2.45) is 0 Å². The predicted octanol–water partition coefficient (Wildman–Crippen LogP) is 4.40. The molecule has 0 aromatic heterocycles. The number of sulfonamides is 1. The Morgan fingerprint density at radius 1 is 1.05 bits per heavy atom. The lowest BCUT2D eigenvalue weighted by Gasteiger charge is -2.29. The first-order valence-corrected chi connectivity index (χ1v) is 16.0. The summed E-state index contributed by atoms with van der Waals surface area (Å²) in [5.41, 5.74) is 8.07. The maximum atomic E-state index is 13.5. The minimum absolute atomic E-state index is 0.0814. The van der Waals surface area contributed by atoms with Gasteiger partial charge >= 0.3 is 6.03 Å². The third kappa shape index (κ3) is 6.35. The second kappa shape index (κ2) is 11.9. The molecule has 0 bridgehead atoms. The fourth-order valence-corrected chi connectivity index (χ4v) is 7.82.